The lowest BCUT2D eigenvalue weighted by molar-refractivity contribution is 0.0696. The van der Waals surface area contributed by atoms with Crippen LogP contribution in [-0.4, -0.2) is 34.4 Å². The number of benzene rings is 1. The number of carboxylic acids is 1. The monoisotopic (exact) mass is 254 g/mol. The van der Waals surface area contributed by atoms with E-state index >= 15 is 0 Å². The van der Waals surface area contributed by atoms with Gasteiger partial charge in [-0.25, -0.2) is 15.6 Å². The molecule has 3 N–H and O–H groups in total. The highest BCUT2D eigenvalue weighted by atomic mass is 19.2. The lowest BCUT2D eigenvalue weighted by Gasteiger charge is -2.24. The molecule has 1 heterocycles. The van der Waals surface area contributed by atoms with Gasteiger partial charge in [0, 0.05) is 5.56 Å². The van der Waals surface area contributed by atoms with E-state index in [1.807, 2.05) is 0 Å². The largest absolute Gasteiger partial charge is 0.478 e. The zero-order valence-corrected chi connectivity index (χ0v) is 8.92. The average Bonchev–Trinajstić information content (AvgIpc) is 2.33. The second-order valence-corrected chi connectivity index (χ2v) is 3.40. The summed E-state index contributed by atoms with van der Waals surface area (Å²) in [7, 11) is 0. The first-order chi connectivity index (χ1) is 8.50. The highest BCUT2D eigenvalue weighted by Gasteiger charge is 2.27. The molecule has 0 amide bonds. The minimum atomic E-state index is -2.14. The molecular weight excluding hydrogens is 246 g/mol. The number of carboxylic acid groups (broad SMARTS) is 1. The number of carbonyl (C=O) groups is 1. The number of hydrazine groups is 1. The summed E-state index contributed by atoms with van der Waals surface area (Å²) in [4.78, 5) is 17.2. The number of amidine groups is 2. The number of nitrogens with zero attached hydrogens (tertiary/aromatic N) is 3. The van der Waals surface area contributed by atoms with Gasteiger partial charge in [0.15, 0.2) is 5.84 Å². The van der Waals surface area contributed by atoms with E-state index in [1.54, 1.807) is 0 Å². The topological polar surface area (TPSA) is 91.3 Å². The van der Waals surface area contributed by atoms with Gasteiger partial charge >= 0.3 is 12.1 Å². The van der Waals surface area contributed by atoms with Gasteiger partial charge < -0.3 is 5.11 Å². The fourth-order valence-corrected chi connectivity index (χ4v) is 1.49. The van der Waals surface area contributed by atoms with Crippen molar-refractivity contribution in [2.75, 3.05) is 0 Å². The lowest BCUT2D eigenvalue weighted by Crippen LogP contribution is -2.46. The standard InChI is InChI=1S/C10H8F2N4O2/c11-9-14-7(16(13)10(12)15-9)5-3-1-2-4-6(5)8(17)18/h1-4,10H,13H2,(H,17,18). The van der Waals surface area contributed by atoms with Gasteiger partial charge in [0.1, 0.15) is 0 Å². The normalized spacial score (nSPS) is 19.3. The summed E-state index contributed by atoms with van der Waals surface area (Å²) in [6.07, 6.45) is -3.43. The molecule has 1 unspecified atom stereocenters. The SMILES string of the molecule is NN1C(c2ccccc2C(=O)O)=NC(F)=NC1F. The van der Waals surface area contributed by atoms with E-state index in [0.717, 1.165) is 0 Å². The molecule has 1 aromatic rings. The molecule has 2 rings (SSSR count). The third-order valence-corrected chi connectivity index (χ3v) is 2.28. The number of aromatic carboxylic acids is 1. The van der Waals surface area contributed by atoms with Crippen molar-refractivity contribution in [3.8, 4) is 0 Å². The minimum Gasteiger partial charge on any atom is -0.478 e. The summed E-state index contributed by atoms with van der Waals surface area (Å²) in [6.45, 7) is 0. The average molecular weight is 254 g/mol. The highest BCUT2D eigenvalue weighted by molar-refractivity contribution is 6.11. The van der Waals surface area contributed by atoms with Gasteiger partial charge in [-0.05, 0) is 6.07 Å². The van der Waals surface area contributed by atoms with Gasteiger partial charge in [0.25, 0.3) is 6.42 Å². The van der Waals surface area contributed by atoms with E-state index < -0.39 is 18.5 Å². The second kappa shape index (κ2) is 4.49. The molecule has 0 aliphatic carbocycles. The van der Waals surface area contributed by atoms with Gasteiger partial charge in [-0.2, -0.15) is 18.8 Å². The molecule has 0 bridgehead atoms. The lowest BCUT2D eigenvalue weighted by atomic mass is 10.1. The summed E-state index contributed by atoms with van der Waals surface area (Å²) in [5, 5.41) is 9.45. The van der Waals surface area contributed by atoms with Crippen LogP contribution in [0, 0.1) is 0 Å². The van der Waals surface area contributed by atoms with Crippen LogP contribution in [0.3, 0.4) is 0 Å². The number of rotatable bonds is 2. The molecule has 1 aliphatic heterocycles. The van der Waals surface area contributed by atoms with Crippen LogP contribution >= 0.6 is 0 Å². The Bertz CT molecular complexity index is 559. The van der Waals surface area contributed by atoms with Crippen LogP contribution in [0.15, 0.2) is 34.3 Å². The summed E-state index contributed by atoms with van der Waals surface area (Å²) < 4.78 is 26.2. The first kappa shape index (κ1) is 12.1. The Balaban J connectivity index is 2.55. The van der Waals surface area contributed by atoms with Crippen LogP contribution in [0.4, 0.5) is 8.78 Å². The van der Waals surface area contributed by atoms with E-state index in [0.29, 0.717) is 5.01 Å². The summed E-state index contributed by atoms with van der Waals surface area (Å²) in [5.41, 5.74) is -0.145. The Kier molecular flexibility index (Phi) is 3.02. The fourth-order valence-electron chi connectivity index (χ4n) is 1.49. The molecule has 18 heavy (non-hydrogen) atoms. The zero-order valence-electron chi connectivity index (χ0n) is 8.92. The molecule has 0 saturated heterocycles. The smallest absolute Gasteiger partial charge is 0.336 e. The molecule has 0 aromatic heterocycles. The van der Waals surface area contributed by atoms with E-state index in [9.17, 15) is 13.6 Å². The Labute approximate surface area is 100 Å². The third-order valence-electron chi connectivity index (χ3n) is 2.28. The number of hydrogen-bond donors (Lipinski definition) is 2. The van der Waals surface area contributed by atoms with Gasteiger partial charge in [-0.3, -0.25) is 0 Å². The maximum absolute atomic E-state index is 13.2. The van der Waals surface area contributed by atoms with Crippen molar-refractivity contribution in [2.24, 2.45) is 15.8 Å². The number of aliphatic imine (C=N–C) groups is 2. The van der Waals surface area contributed by atoms with Crippen LogP contribution in [0.5, 0.6) is 0 Å². The van der Waals surface area contributed by atoms with Crippen molar-refractivity contribution in [1.29, 1.82) is 0 Å². The molecule has 8 heteroatoms. The van der Waals surface area contributed by atoms with Crippen LogP contribution < -0.4 is 5.84 Å². The van der Waals surface area contributed by atoms with E-state index in [4.69, 9.17) is 10.9 Å². The van der Waals surface area contributed by atoms with E-state index in [1.165, 1.54) is 24.3 Å². The first-order valence-electron chi connectivity index (χ1n) is 4.83. The molecule has 1 atom stereocenters. The molecular formula is C10H8F2N4O2. The van der Waals surface area contributed by atoms with Crippen LogP contribution in [0.1, 0.15) is 15.9 Å². The highest BCUT2D eigenvalue weighted by Crippen LogP contribution is 2.17. The number of halogens is 2. The van der Waals surface area contributed by atoms with E-state index in [2.05, 4.69) is 9.98 Å². The van der Waals surface area contributed by atoms with Crippen molar-refractivity contribution in [3.63, 3.8) is 0 Å². The molecule has 1 aliphatic rings. The van der Waals surface area contributed by atoms with Gasteiger partial charge in [-0.1, -0.05) is 18.2 Å². The molecule has 0 spiro atoms. The van der Waals surface area contributed by atoms with Gasteiger partial charge in [0.05, 0.1) is 5.56 Å². The molecule has 0 saturated carbocycles. The molecule has 0 radical (unpaired) electrons. The number of alkyl halides is 1. The van der Waals surface area contributed by atoms with Crippen molar-refractivity contribution < 1.29 is 18.7 Å². The van der Waals surface area contributed by atoms with Crippen molar-refractivity contribution >= 4 is 17.9 Å². The maximum Gasteiger partial charge on any atom is 0.336 e. The van der Waals surface area contributed by atoms with Crippen LogP contribution in [0.2, 0.25) is 0 Å². The van der Waals surface area contributed by atoms with Crippen LogP contribution in [0.25, 0.3) is 0 Å². The fraction of sp³-hybridized carbons (Fsp3) is 0.100. The predicted molar refractivity (Wildman–Crippen MR) is 59.4 cm³/mol. The molecule has 0 fully saturated rings. The Morgan fingerprint density at radius 1 is 1.44 bits per heavy atom. The predicted octanol–water partition coefficient (Wildman–Crippen LogP) is 0.899. The Hall–Kier alpha value is -2.35. The Morgan fingerprint density at radius 3 is 2.78 bits per heavy atom. The minimum absolute atomic E-state index is 0.0141. The molecule has 94 valence electrons. The first-order valence-corrected chi connectivity index (χ1v) is 4.83. The van der Waals surface area contributed by atoms with Crippen molar-refractivity contribution in [1.82, 2.24) is 5.01 Å². The quantitative estimate of drug-likeness (QED) is 0.606. The molecule has 1 aromatic carbocycles. The summed E-state index contributed by atoms with van der Waals surface area (Å²) in [6, 6.07) is 5.63. The second-order valence-electron chi connectivity index (χ2n) is 3.40. The van der Waals surface area contributed by atoms with Crippen molar-refractivity contribution in [3.05, 3.63) is 35.4 Å². The van der Waals surface area contributed by atoms with Crippen LogP contribution in [-0.2, 0) is 0 Å². The van der Waals surface area contributed by atoms with Gasteiger partial charge in [-0.15, -0.1) is 0 Å². The maximum atomic E-state index is 13.2. The van der Waals surface area contributed by atoms with Crippen molar-refractivity contribution in [2.45, 2.75) is 6.42 Å². The number of hydrogen-bond acceptors (Lipinski definition) is 5. The summed E-state index contributed by atoms with van der Waals surface area (Å²) in [5.74, 6) is 3.77. The zero-order chi connectivity index (χ0) is 13.3. The van der Waals surface area contributed by atoms with E-state index in [-0.39, 0.29) is 17.0 Å². The third kappa shape index (κ3) is 2.05. The van der Waals surface area contributed by atoms with Gasteiger partial charge in [0.2, 0.25) is 0 Å². The Morgan fingerprint density at radius 2 is 2.11 bits per heavy atom. The molecule has 6 nitrogen and oxygen atoms in total. The number of nitrogens with two attached hydrogens (primary N) is 1. The summed E-state index contributed by atoms with van der Waals surface area (Å²) >= 11 is 0.